The van der Waals surface area contributed by atoms with Crippen molar-refractivity contribution in [3.8, 4) is 17.0 Å². The third-order valence-corrected chi connectivity index (χ3v) is 6.15. The fourth-order valence-electron chi connectivity index (χ4n) is 3.91. The van der Waals surface area contributed by atoms with E-state index in [1.807, 2.05) is 74.2 Å². The Morgan fingerprint density at radius 2 is 1.97 bits per heavy atom. The van der Waals surface area contributed by atoms with Crippen molar-refractivity contribution in [2.24, 2.45) is 0 Å². The van der Waals surface area contributed by atoms with Gasteiger partial charge in [-0.25, -0.2) is 9.97 Å². The normalized spacial score (nSPS) is 11.0. The third-order valence-electron chi connectivity index (χ3n) is 5.86. The molecule has 4 rings (SSSR count). The number of nitrogens with one attached hydrogen (secondary N) is 2. The van der Waals surface area contributed by atoms with Crippen molar-refractivity contribution in [2.45, 2.75) is 0 Å². The molecular formula is C27H30ClN7O2. The van der Waals surface area contributed by atoms with Crippen molar-refractivity contribution in [1.29, 1.82) is 0 Å². The lowest BCUT2D eigenvalue weighted by molar-refractivity contribution is -0.111. The molecule has 0 atom stereocenters. The maximum atomic E-state index is 12.2. The van der Waals surface area contributed by atoms with E-state index in [1.165, 1.54) is 6.08 Å². The van der Waals surface area contributed by atoms with Crippen LogP contribution in [-0.4, -0.2) is 66.5 Å². The van der Waals surface area contributed by atoms with Crippen LogP contribution in [0.3, 0.4) is 0 Å². The molecule has 0 aliphatic carbocycles. The molecular weight excluding hydrogens is 490 g/mol. The van der Waals surface area contributed by atoms with E-state index in [4.69, 9.17) is 21.3 Å². The Balaban J connectivity index is 1.71. The molecule has 0 saturated carbocycles. The molecule has 192 valence electrons. The summed E-state index contributed by atoms with van der Waals surface area (Å²) in [5.74, 6) is 0.640. The number of nitrogens with zero attached hydrogens (tertiary/aromatic N) is 5. The molecule has 0 bridgehead atoms. The number of ether oxygens (including phenoxy) is 1. The van der Waals surface area contributed by atoms with Crippen molar-refractivity contribution < 1.29 is 9.53 Å². The number of rotatable bonds is 10. The van der Waals surface area contributed by atoms with Crippen LogP contribution < -0.4 is 20.3 Å². The van der Waals surface area contributed by atoms with E-state index in [0.29, 0.717) is 33.9 Å². The van der Waals surface area contributed by atoms with Crippen LogP contribution in [0.1, 0.15) is 0 Å². The largest absolute Gasteiger partial charge is 0.494 e. The van der Waals surface area contributed by atoms with Gasteiger partial charge in [-0.05, 0) is 50.5 Å². The zero-order chi connectivity index (χ0) is 26.5. The minimum absolute atomic E-state index is 0.311. The van der Waals surface area contributed by atoms with E-state index >= 15 is 0 Å². The Hall–Kier alpha value is -4.08. The fourth-order valence-corrected chi connectivity index (χ4v) is 4.17. The molecule has 0 spiro atoms. The number of aromatic nitrogens is 3. The first-order chi connectivity index (χ1) is 17.8. The van der Waals surface area contributed by atoms with Gasteiger partial charge in [0.15, 0.2) is 0 Å². The monoisotopic (exact) mass is 519 g/mol. The molecule has 10 heteroatoms. The van der Waals surface area contributed by atoms with Crippen molar-refractivity contribution >= 4 is 46.0 Å². The molecule has 0 radical (unpaired) electrons. The number of hydrogen-bond acceptors (Lipinski definition) is 7. The summed E-state index contributed by atoms with van der Waals surface area (Å²) in [5, 5.41) is 6.74. The number of carbonyl (C=O) groups is 1. The Kier molecular flexibility index (Phi) is 7.95. The van der Waals surface area contributed by atoms with Crippen molar-refractivity contribution in [3.05, 3.63) is 72.7 Å². The van der Waals surface area contributed by atoms with E-state index in [2.05, 4.69) is 32.0 Å². The molecule has 4 aromatic rings. The average Bonchev–Trinajstić information content (AvgIpc) is 3.24. The van der Waals surface area contributed by atoms with E-state index in [-0.39, 0.29) is 5.91 Å². The smallest absolute Gasteiger partial charge is 0.247 e. The average molecular weight is 520 g/mol. The second kappa shape index (κ2) is 11.3. The summed E-state index contributed by atoms with van der Waals surface area (Å²) in [6, 6.07) is 13.3. The summed E-state index contributed by atoms with van der Waals surface area (Å²) in [4.78, 5) is 25.5. The van der Waals surface area contributed by atoms with Crippen LogP contribution in [0.5, 0.6) is 5.75 Å². The first-order valence-electron chi connectivity index (χ1n) is 11.7. The molecule has 1 amide bonds. The summed E-state index contributed by atoms with van der Waals surface area (Å²) >= 11 is 6.43. The first kappa shape index (κ1) is 26.0. The molecule has 9 nitrogen and oxygen atoms in total. The van der Waals surface area contributed by atoms with Crippen LogP contribution >= 0.6 is 11.6 Å². The van der Waals surface area contributed by atoms with Crippen LogP contribution in [-0.2, 0) is 4.79 Å². The van der Waals surface area contributed by atoms with Gasteiger partial charge < -0.3 is 29.6 Å². The summed E-state index contributed by atoms with van der Waals surface area (Å²) < 4.78 is 7.59. The Morgan fingerprint density at radius 3 is 2.70 bits per heavy atom. The summed E-state index contributed by atoms with van der Waals surface area (Å²) in [6.07, 6.45) is 4.82. The Labute approximate surface area is 221 Å². The molecule has 0 saturated heterocycles. The molecule has 0 unspecified atom stereocenters. The second-order valence-electron chi connectivity index (χ2n) is 8.71. The topological polar surface area (TPSA) is 87.0 Å². The Bertz CT molecular complexity index is 1430. The van der Waals surface area contributed by atoms with Gasteiger partial charge in [-0.1, -0.05) is 24.2 Å². The van der Waals surface area contributed by atoms with E-state index in [9.17, 15) is 4.79 Å². The molecule has 0 aliphatic heterocycles. The SMILES string of the molecule is C=CC(=O)Nc1cc(Nc2nccc(-c3cc(Cl)n4ccccc34)n2)c(OC)cc1N(C)CCN(C)C. The zero-order valence-corrected chi connectivity index (χ0v) is 22.1. The van der Waals surface area contributed by atoms with Crippen LogP contribution in [0, 0.1) is 0 Å². The van der Waals surface area contributed by atoms with E-state index < -0.39 is 0 Å². The van der Waals surface area contributed by atoms with Gasteiger partial charge in [0.25, 0.3) is 0 Å². The molecule has 2 N–H and O–H groups in total. The summed E-state index contributed by atoms with van der Waals surface area (Å²) in [6.45, 7) is 5.16. The number of benzene rings is 1. The van der Waals surface area contributed by atoms with Crippen LogP contribution in [0.4, 0.5) is 23.0 Å². The van der Waals surface area contributed by atoms with Gasteiger partial charge in [0.2, 0.25) is 11.9 Å². The number of amides is 1. The number of likely N-dealkylation sites (N-methyl/N-ethyl adjacent to an activating group) is 2. The van der Waals surface area contributed by atoms with E-state index in [0.717, 1.165) is 29.9 Å². The van der Waals surface area contributed by atoms with Crippen molar-refractivity contribution in [3.63, 3.8) is 0 Å². The number of pyridine rings is 1. The highest BCUT2D eigenvalue weighted by Crippen LogP contribution is 2.38. The highest BCUT2D eigenvalue weighted by atomic mass is 35.5. The van der Waals surface area contributed by atoms with Crippen molar-refractivity contribution in [1.82, 2.24) is 19.3 Å². The lowest BCUT2D eigenvalue weighted by atomic mass is 10.2. The molecule has 0 aliphatic rings. The fraction of sp³-hybridized carbons (Fsp3) is 0.222. The molecule has 1 aromatic carbocycles. The van der Waals surface area contributed by atoms with Gasteiger partial charge in [0.1, 0.15) is 10.9 Å². The van der Waals surface area contributed by atoms with Gasteiger partial charge in [-0.3, -0.25) is 4.79 Å². The Morgan fingerprint density at radius 1 is 1.16 bits per heavy atom. The number of carbonyl (C=O) groups excluding carboxylic acids is 1. The van der Waals surface area contributed by atoms with Gasteiger partial charge >= 0.3 is 0 Å². The zero-order valence-electron chi connectivity index (χ0n) is 21.3. The minimum Gasteiger partial charge on any atom is -0.494 e. The number of hydrogen-bond donors (Lipinski definition) is 2. The van der Waals surface area contributed by atoms with Gasteiger partial charge in [0.05, 0.1) is 35.4 Å². The molecule has 3 heterocycles. The first-order valence-corrected chi connectivity index (χ1v) is 12.1. The lowest BCUT2D eigenvalue weighted by Crippen LogP contribution is -2.29. The quantitative estimate of drug-likeness (QED) is 0.287. The molecule has 3 aromatic heterocycles. The molecule has 0 fully saturated rings. The second-order valence-corrected chi connectivity index (χ2v) is 9.10. The third kappa shape index (κ3) is 5.84. The highest BCUT2D eigenvalue weighted by Gasteiger charge is 2.17. The van der Waals surface area contributed by atoms with Crippen molar-refractivity contribution in [2.75, 3.05) is 56.9 Å². The van der Waals surface area contributed by atoms with Gasteiger partial charge in [-0.15, -0.1) is 0 Å². The maximum Gasteiger partial charge on any atom is 0.247 e. The predicted octanol–water partition coefficient (Wildman–Crippen LogP) is 4.92. The standard InChI is InChI=1S/C27H30ClN7O2/c1-6-26(36)30-20-16-21(24(37-5)17-23(20)34(4)14-13-33(2)3)32-27-29-11-10-19(31-27)18-15-25(28)35-12-8-7-9-22(18)35/h6-12,15-17H,1,13-14H2,2-5H3,(H,30,36)(H,29,31,32). The predicted molar refractivity (Wildman–Crippen MR) is 150 cm³/mol. The van der Waals surface area contributed by atoms with E-state index in [1.54, 1.807) is 13.3 Å². The summed E-state index contributed by atoms with van der Waals surface area (Å²) in [7, 11) is 7.59. The maximum absolute atomic E-state index is 12.2. The number of anilines is 4. The summed E-state index contributed by atoms with van der Waals surface area (Å²) in [5.41, 5.74) is 4.56. The molecule has 37 heavy (non-hydrogen) atoms. The number of fused-ring (bicyclic) bond motifs is 1. The van der Waals surface area contributed by atoms with Gasteiger partial charge in [0, 0.05) is 44.2 Å². The number of halogens is 1. The van der Waals surface area contributed by atoms with Gasteiger partial charge in [-0.2, -0.15) is 0 Å². The lowest BCUT2D eigenvalue weighted by Gasteiger charge is -2.26. The highest BCUT2D eigenvalue weighted by molar-refractivity contribution is 6.30. The van der Waals surface area contributed by atoms with Crippen LogP contribution in [0.15, 0.2) is 67.5 Å². The van der Waals surface area contributed by atoms with Crippen LogP contribution in [0.2, 0.25) is 5.15 Å². The number of methoxy groups -OCH3 is 1. The minimum atomic E-state index is -0.311. The van der Waals surface area contributed by atoms with Crippen LogP contribution in [0.25, 0.3) is 16.8 Å².